The first kappa shape index (κ1) is 20.5. The second-order valence-corrected chi connectivity index (χ2v) is 7.78. The third-order valence-corrected chi connectivity index (χ3v) is 5.64. The van der Waals surface area contributed by atoms with Gasteiger partial charge in [-0.2, -0.15) is 4.68 Å². The number of esters is 1. The van der Waals surface area contributed by atoms with Crippen molar-refractivity contribution in [2.75, 3.05) is 0 Å². The standard InChI is InChI=1S/C22H18FN5O2S/c1-14-20(31-21(24-14)17-8-4-3-5-9-17)13-30-22(29)19(28-15(2)25-26-27-28)12-16-7-6-10-18(23)11-16/h3-12H,13H2,1-2H3/b19-12-. The maximum atomic E-state index is 13.6. The Kier molecular flexibility index (Phi) is 5.94. The fourth-order valence-electron chi connectivity index (χ4n) is 2.89. The summed E-state index contributed by atoms with van der Waals surface area (Å²) in [5.74, 6) is -0.641. The monoisotopic (exact) mass is 435 g/mol. The Morgan fingerprint density at radius 3 is 2.68 bits per heavy atom. The number of halogens is 1. The molecule has 0 bridgehead atoms. The van der Waals surface area contributed by atoms with E-state index in [0.29, 0.717) is 11.4 Å². The van der Waals surface area contributed by atoms with Crippen LogP contribution in [0.2, 0.25) is 0 Å². The molecule has 9 heteroatoms. The first-order valence-corrected chi connectivity index (χ1v) is 10.2. The van der Waals surface area contributed by atoms with Crippen LogP contribution < -0.4 is 0 Å². The summed E-state index contributed by atoms with van der Waals surface area (Å²) < 4.78 is 20.4. The quantitative estimate of drug-likeness (QED) is 0.332. The van der Waals surface area contributed by atoms with Gasteiger partial charge in [0.15, 0.2) is 11.5 Å². The maximum absolute atomic E-state index is 13.6. The summed E-state index contributed by atoms with van der Waals surface area (Å²) in [6, 6.07) is 15.7. The average molecular weight is 435 g/mol. The van der Waals surface area contributed by atoms with E-state index in [2.05, 4.69) is 20.5 Å². The minimum Gasteiger partial charge on any atom is -0.455 e. The predicted octanol–water partition coefficient (Wildman–Crippen LogP) is 4.29. The third kappa shape index (κ3) is 4.72. The van der Waals surface area contributed by atoms with Crippen LogP contribution in [0.1, 0.15) is 22.0 Å². The molecule has 4 rings (SSSR count). The summed E-state index contributed by atoms with van der Waals surface area (Å²) in [5, 5.41) is 12.1. The van der Waals surface area contributed by atoms with Gasteiger partial charge in [-0.1, -0.05) is 42.5 Å². The van der Waals surface area contributed by atoms with E-state index in [0.717, 1.165) is 21.1 Å². The SMILES string of the molecule is Cc1nc(-c2ccccc2)sc1COC(=O)/C(=C/c1cccc(F)c1)n1nnnc1C. The van der Waals surface area contributed by atoms with E-state index >= 15 is 0 Å². The lowest BCUT2D eigenvalue weighted by atomic mass is 10.2. The smallest absolute Gasteiger partial charge is 0.357 e. The molecule has 7 nitrogen and oxygen atoms in total. The Balaban J connectivity index is 1.58. The van der Waals surface area contributed by atoms with Gasteiger partial charge in [-0.15, -0.1) is 16.4 Å². The molecule has 0 radical (unpaired) electrons. The summed E-state index contributed by atoms with van der Waals surface area (Å²) >= 11 is 1.47. The van der Waals surface area contributed by atoms with E-state index < -0.39 is 11.8 Å². The van der Waals surface area contributed by atoms with Crippen molar-refractivity contribution in [2.24, 2.45) is 0 Å². The summed E-state index contributed by atoms with van der Waals surface area (Å²) in [6.07, 6.45) is 1.49. The first-order chi connectivity index (χ1) is 15.0. The molecule has 0 amide bonds. The highest BCUT2D eigenvalue weighted by Gasteiger charge is 2.19. The number of nitrogens with zero attached hydrogens (tertiary/aromatic N) is 5. The number of tetrazole rings is 1. The van der Waals surface area contributed by atoms with Crippen LogP contribution in [0.15, 0.2) is 54.6 Å². The van der Waals surface area contributed by atoms with Crippen molar-refractivity contribution >= 4 is 29.1 Å². The van der Waals surface area contributed by atoms with Gasteiger partial charge in [0, 0.05) is 5.56 Å². The van der Waals surface area contributed by atoms with E-state index in [9.17, 15) is 9.18 Å². The van der Waals surface area contributed by atoms with Gasteiger partial charge in [-0.25, -0.2) is 14.2 Å². The highest BCUT2D eigenvalue weighted by atomic mass is 32.1. The molecular weight excluding hydrogens is 417 g/mol. The van der Waals surface area contributed by atoms with Gasteiger partial charge in [0.05, 0.1) is 10.6 Å². The van der Waals surface area contributed by atoms with Gasteiger partial charge in [-0.05, 0) is 48.0 Å². The fourth-order valence-corrected chi connectivity index (χ4v) is 3.87. The Morgan fingerprint density at radius 2 is 1.97 bits per heavy atom. The molecular formula is C22H18FN5O2S. The number of hydrogen-bond donors (Lipinski definition) is 0. The predicted molar refractivity (Wildman–Crippen MR) is 115 cm³/mol. The third-order valence-electron chi connectivity index (χ3n) is 4.46. The van der Waals surface area contributed by atoms with Crippen LogP contribution in [0.4, 0.5) is 4.39 Å². The van der Waals surface area contributed by atoms with Crippen LogP contribution in [0.5, 0.6) is 0 Å². The molecule has 0 aliphatic rings. The molecule has 0 fully saturated rings. The molecule has 2 heterocycles. The van der Waals surface area contributed by atoms with Crippen molar-refractivity contribution in [3.8, 4) is 10.6 Å². The Hall–Kier alpha value is -3.72. The second-order valence-electron chi connectivity index (χ2n) is 6.69. The Bertz CT molecular complexity index is 1250. The van der Waals surface area contributed by atoms with Crippen molar-refractivity contribution < 1.29 is 13.9 Å². The Labute approximate surface area is 181 Å². The van der Waals surface area contributed by atoms with E-state index in [1.165, 1.54) is 34.2 Å². The molecule has 4 aromatic rings. The lowest BCUT2D eigenvalue weighted by Gasteiger charge is -2.09. The van der Waals surface area contributed by atoms with Crippen molar-refractivity contribution in [3.05, 3.63) is 82.4 Å². The van der Waals surface area contributed by atoms with Crippen LogP contribution in [0.3, 0.4) is 0 Å². The van der Waals surface area contributed by atoms with Gasteiger partial charge in [-0.3, -0.25) is 0 Å². The van der Waals surface area contributed by atoms with Crippen LogP contribution in [-0.4, -0.2) is 31.2 Å². The normalized spacial score (nSPS) is 11.5. The van der Waals surface area contributed by atoms with Crippen molar-refractivity contribution in [3.63, 3.8) is 0 Å². The number of ether oxygens (including phenoxy) is 1. The molecule has 0 saturated carbocycles. The number of carbonyl (C=O) groups is 1. The lowest BCUT2D eigenvalue weighted by molar-refractivity contribution is -0.138. The van der Waals surface area contributed by atoms with E-state index in [-0.39, 0.29) is 12.3 Å². The number of hydrogen-bond acceptors (Lipinski definition) is 7. The second kappa shape index (κ2) is 8.97. The molecule has 2 aromatic carbocycles. The van der Waals surface area contributed by atoms with E-state index in [1.54, 1.807) is 19.1 Å². The summed E-state index contributed by atoms with van der Waals surface area (Å²) in [4.78, 5) is 18.3. The zero-order valence-corrected chi connectivity index (χ0v) is 17.6. The zero-order valence-electron chi connectivity index (χ0n) is 16.8. The van der Waals surface area contributed by atoms with Crippen molar-refractivity contribution in [2.45, 2.75) is 20.5 Å². The highest BCUT2D eigenvalue weighted by molar-refractivity contribution is 7.15. The minimum atomic E-state index is -0.631. The number of carbonyl (C=O) groups excluding carboxylic acids is 1. The number of benzene rings is 2. The van der Waals surface area contributed by atoms with Crippen molar-refractivity contribution in [1.29, 1.82) is 0 Å². The van der Waals surface area contributed by atoms with Gasteiger partial charge in [0.2, 0.25) is 0 Å². The molecule has 0 aliphatic carbocycles. The Morgan fingerprint density at radius 1 is 1.16 bits per heavy atom. The first-order valence-electron chi connectivity index (χ1n) is 9.43. The molecule has 31 heavy (non-hydrogen) atoms. The molecule has 0 spiro atoms. The molecule has 2 aromatic heterocycles. The molecule has 0 unspecified atom stereocenters. The molecule has 0 atom stereocenters. The molecule has 156 valence electrons. The van der Waals surface area contributed by atoms with Crippen molar-refractivity contribution in [1.82, 2.24) is 25.2 Å². The topological polar surface area (TPSA) is 82.8 Å². The van der Waals surface area contributed by atoms with Gasteiger partial charge in [0.1, 0.15) is 17.4 Å². The van der Waals surface area contributed by atoms with Crippen LogP contribution in [0.25, 0.3) is 22.3 Å². The summed E-state index contributed by atoms with van der Waals surface area (Å²) in [7, 11) is 0. The number of aryl methyl sites for hydroxylation is 2. The summed E-state index contributed by atoms with van der Waals surface area (Å²) in [6.45, 7) is 3.59. The van der Waals surface area contributed by atoms with Crippen LogP contribution in [-0.2, 0) is 16.1 Å². The van der Waals surface area contributed by atoms with Gasteiger partial charge in [0.25, 0.3) is 0 Å². The average Bonchev–Trinajstić information content (AvgIpc) is 3.36. The molecule has 0 N–H and O–H groups in total. The van der Waals surface area contributed by atoms with E-state index in [4.69, 9.17) is 4.74 Å². The highest BCUT2D eigenvalue weighted by Crippen LogP contribution is 2.28. The maximum Gasteiger partial charge on any atom is 0.357 e. The fraction of sp³-hybridized carbons (Fsp3) is 0.136. The summed E-state index contributed by atoms with van der Waals surface area (Å²) in [5.41, 5.74) is 2.37. The van der Waals surface area contributed by atoms with Gasteiger partial charge < -0.3 is 4.74 Å². The van der Waals surface area contributed by atoms with Crippen LogP contribution >= 0.6 is 11.3 Å². The zero-order chi connectivity index (χ0) is 21.8. The van der Waals surface area contributed by atoms with Gasteiger partial charge >= 0.3 is 5.97 Å². The lowest BCUT2D eigenvalue weighted by Crippen LogP contribution is -2.15. The largest absolute Gasteiger partial charge is 0.455 e. The van der Waals surface area contributed by atoms with E-state index in [1.807, 2.05) is 37.3 Å². The number of rotatable bonds is 6. The number of thiazole rings is 1. The van der Waals surface area contributed by atoms with Crippen LogP contribution in [0, 0.1) is 19.7 Å². The molecule has 0 aliphatic heterocycles. The molecule has 0 saturated heterocycles. The number of aromatic nitrogens is 5. The minimum absolute atomic E-state index is 0.0524.